The molecule has 0 amide bonds. The van der Waals surface area contributed by atoms with Gasteiger partial charge in [-0.3, -0.25) is 0 Å². The van der Waals surface area contributed by atoms with Crippen LogP contribution in [0, 0.1) is 0 Å². The first-order valence-corrected chi connectivity index (χ1v) is 16.3. The summed E-state index contributed by atoms with van der Waals surface area (Å²) in [6.07, 6.45) is -1.45. The average Bonchev–Trinajstić information content (AvgIpc) is 3.12. The first kappa shape index (κ1) is 32.6. The average molecular weight is 630 g/mol. The molecule has 5 aromatic carbocycles. The lowest BCUT2D eigenvalue weighted by molar-refractivity contribution is -0.272. The van der Waals surface area contributed by atoms with Gasteiger partial charge in [-0.15, -0.1) is 0 Å². The number of hydrogen-bond donors (Lipinski definition) is 1. The third-order valence-electron chi connectivity index (χ3n) is 8.40. The van der Waals surface area contributed by atoms with Crippen LogP contribution in [0.4, 0.5) is 5.69 Å². The Morgan fingerprint density at radius 3 is 1.30 bits per heavy atom. The van der Waals surface area contributed by atoms with Crippen LogP contribution in [0.3, 0.4) is 0 Å². The lowest BCUT2D eigenvalue weighted by atomic mass is 9.90. The molecule has 0 aliphatic carbocycles. The van der Waals surface area contributed by atoms with Crippen molar-refractivity contribution < 1.29 is 23.7 Å². The minimum Gasteiger partial charge on any atom is -0.399 e. The van der Waals surface area contributed by atoms with E-state index in [0.29, 0.717) is 39.5 Å². The van der Waals surface area contributed by atoms with Gasteiger partial charge < -0.3 is 29.4 Å². The Hall–Kier alpha value is -4.30. The van der Waals surface area contributed by atoms with Gasteiger partial charge in [0.15, 0.2) is 0 Å². The molecule has 0 spiro atoms. The quantitative estimate of drug-likeness (QED) is 0.121. The zero-order chi connectivity index (χ0) is 32.1. The number of nitrogen functional groups attached to an aromatic ring is 1. The fraction of sp³-hybridized carbons (Fsp3) is 0.268. The zero-order valence-corrected chi connectivity index (χ0v) is 26.6. The van der Waals surface area contributed by atoms with E-state index in [1.807, 2.05) is 97.1 Å². The molecule has 1 saturated heterocycles. The van der Waals surface area contributed by atoms with Crippen molar-refractivity contribution in [2.45, 2.75) is 63.4 Å². The summed E-state index contributed by atoms with van der Waals surface area (Å²) >= 11 is 0. The summed E-state index contributed by atoms with van der Waals surface area (Å²) in [5, 5.41) is 0. The Kier molecular flexibility index (Phi) is 11.8. The minimum atomic E-state index is -0.460. The van der Waals surface area contributed by atoms with Crippen LogP contribution in [0.5, 0.6) is 0 Å². The van der Waals surface area contributed by atoms with Gasteiger partial charge in [0, 0.05) is 12.1 Å². The summed E-state index contributed by atoms with van der Waals surface area (Å²) in [6, 6.07) is 48.7. The number of ether oxygens (including phenoxy) is 5. The largest absolute Gasteiger partial charge is 0.399 e. The number of benzene rings is 5. The maximum atomic E-state index is 6.96. The Bertz CT molecular complexity index is 1590. The highest BCUT2D eigenvalue weighted by Gasteiger charge is 2.48. The molecule has 6 rings (SSSR count). The molecular formula is C41H43NO5. The van der Waals surface area contributed by atoms with Crippen molar-refractivity contribution >= 4 is 5.69 Å². The Balaban J connectivity index is 1.31. The molecule has 2 N–H and O–H groups in total. The van der Waals surface area contributed by atoms with Crippen LogP contribution in [0.2, 0.25) is 0 Å². The summed E-state index contributed by atoms with van der Waals surface area (Å²) in [4.78, 5) is 0. The molecule has 0 aromatic heterocycles. The van der Waals surface area contributed by atoms with Crippen molar-refractivity contribution in [3.63, 3.8) is 0 Å². The topological polar surface area (TPSA) is 72.2 Å². The summed E-state index contributed by atoms with van der Waals surface area (Å²) < 4.78 is 33.7. The highest BCUT2D eigenvalue weighted by atomic mass is 16.6. The highest BCUT2D eigenvalue weighted by molar-refractivity contribution is 5.39. The molecule has 0 unspecified atom stereocenters. The molecule has 6 heteroatoms. The lowest BCUT2D eigenvalue weighted by Gasteiger charge is -2.46. The standard InChI is InChI=1S/C41H43NO5/c42-36-23-21-31(22-24-36)25-37-39(44-27-33-15-7-2-8-16-33)41(46-29-35-19-11-4-12-20-35)40(45-28-34-17-9-3-10-18-34)38(47-37)30-43-26-32-13-5-1-6-14-32/h1-24,37-41H,25-30,42H2/t37-,38+,39-,40+,41+/m0/s1. The predicted molar refractivity (Wildman–Crippen MR) is 184 cm³/mol. The van der Waals surface area contributed by atoms with Crippen molar-refractivity contribution in [1.29, 1.82) is 0 Å². The first-order valence-electron chi connectivity index (χ1n) is 16.3. The van der Waals surface area contributed by atoms with Crippen molar-refractivity contribution in [3.8, 4) is 0 Å². The number of nitrogens with two attached hydrogens (primary N) is 1. The Morgan fingerprint density at radius 2 is 0.830 bits per heavy atom. The van der Waals surface area contributed by atoms with Gasteiger partial charge in [0.2, 0.25) is 0 Å². The lowest BCUT2D eigenvalue weighted by Crippen LogP contribution is -2.61. The third-order valence-corrected chi connectivity index (χ3v) is 8.40. The SMILES string of the molecule is Nc1ccc(C[C@@H]2O[C@H](COCc3ccccc3)[C@@H](OCc3ccccc3)[C@H](OCc3ccccc3)[C@H]2OCc2ccccc2)cc1. The molecule has 5 atom stereocenters. The van der Waals surface area contributed by atoms with Gasteiger partial charge in [0.1, 0.15) is 24.4 Å². The zero-order valence-electron chi connectivity index (χ0n) is 26.6. The molecule has 5 aromatic rings. The second-order valence-electron chi connectivity index (χ2n) is 11.9. The van der Waals surface area contributed by atoms with E-state index in [9.17, 15) is 0 Å². The Labute approximate surface area is 278 Å². The summed E-state index contributed by atoms with van der Waals surface area (Å²) in [6.45, 7) is 2.04. The van der Waals surface area contributed by atoms with Crippen molar-refractivity contribution in [2.24, 2.45) is 0 Å². The maximum absolute atomic E-state index is 6.96. The van der Waals surface area contributed by atoms with Gasteiger partial charge in [-0.25, -0.2) is 0 Å². The molecule has 242 valence electrons. The monoisotopic (exact) mass is 629 g/mol. The van der Waals surface area contributed by atoms with Crippen LogP contribution in [0.15, 0.2) is 146 Å². The van der Waals surface area contributed by atoms with Crippen molar-refractivity contribution in [1.82, 2.24) is 0 Å². The van der Waals surface area contributed by atoms with Crippen LogP contribution < -0.4 is 5.73 Å². The second-order valence-corrected chi connectivity index (χ2v) is 11.9. The fourth-order valence-corrected chi connectivity index (χ4v) is 5.94. The molecule has 1 heterocycles. The van der Waals surface area contributed by atoms with E-state index in [1.165, 1.54) is 0 Å². The molecule has 0 bridgehead atoms. The predicted octanol–water partition coefficient (Wildman–Crippen LogP) is 7.55. The number of anilines is 1. The van der Waals surface area contributed by atoms with E-state index in [2.05, 4.69) is 48.5 Å². The molecule has 47 heavy (non-hydrogen) atoms. The third kappa shape index (κ3) is 9.61. The van der Waals surface area contributed by atoms with E-state index in [4.69, 9.17) is 29.4 Å². The second kappa shape index (κ2) is 17.0. The molecule has 1 aliphatic heterocycles. The molecule has 1 fully saturated rings. The highest BCUT2D eigenvalue weighted by Crippen LogP contribution is 2.32. The maximum Gasteiger partial charge on any atom is 0.115 e. The minimum absolute atomic E-state index is 0.329. The van der Waals surface area contributed by atoms with Crippen LogP contribution in [-0.2, 0) is 56.5 Å². The number of rotatable bonds is 15. The number of hydrogen-bond acceptors (Lipinski definition) is 6. The van der Waals surface area contributed by atoms with Crippen molar-refractivity contribution in [2.75, 3.05) is 12.3 Å². The van der Waals surface area contributed by atoms with Gasteiger partial charge in [-0.05, 0) is 39.9 Å². The molecule has 0 saturated carbocycles. The normalized spacial score (nSPS) is 21.0. The molecular weight excluding hydrogens is 586 g/mol. The van der Waals surface area contributed by atoms with Gasteiger partial charge >= 0.3 is 0 Å². The Morgan fingerprint density at radius 1 is 0.426 bits per heavy atom. The van der Waals surface area contributed by atoms with Crippen LogP contribution in [0.25, 0.3) is 0 Å². The van der Waals surface area contributed by atoms with Crippen LogP contribution in [0.1, 0.15) is 27.8 Å². The van der Waals surface area contributed by atoms with Gasteiger partial charge in [0.25, 0.3) is 0 Å². The van der Waals surface area contributed by atoms with Gasteiger partial charge in [-0.1, -0.05) is 133 Å². The van der Waals surface area contributed by atoms with E-state index in [0.717, 1.165) is 33.5 Å². The van der Waals surface area contributed by atoms with E-state index >= 15 is 0 Å². The molecule has 1 aliphatic rings. The van der Waals surface area contributed by atoms with E-state index in [-0.39, 0.29) is 6.10 Å². The summed E-state index contributed by atoms with van der Waals surface area (Å²) in [5.41, 5.74) is 12.2. The smallest absolute Gasteiger partial charge is 0.115 e. The summed E-state index contributed by atoms with van der Waals surface area (Å²) in [7, 11) is 0. The van der Waals surface area contributed by atoms with Gasteiger partial charge in [0.05, 0.1) is 39.1 Å². The summed E-state index contributed by atoms with van der Waals surface area (Å²) in [5.74, 6) is 0. The van der Waals surface area contributed by atoms with E-state index < -0.39 is 24.4 Å². The van der Waals surface area contributed by atoms with Crippen LogP contribution >= 0.6 is 0 Å². The molecule has 0 radical (unpaired) electrons. The van der Waals surface area contributed by atoms with Crippen LogP contribution in [-0.4, -0.2) is 37.1 Å². The first-order chi connectivity index (χ1) is 23.2. The van der Waals surface area contributed by atoms with E-state index in [1.54, 1.807) is 0 Å². The molecule has 6 nitrogen and oxygen atoms in total. The van der Waals surface area contributed by atoms with Gasteiger partial charge in [-0.2, -0.15) is 0 Å². The van der Waals surface area contributed by atoms with Crippen molar-refractivity contribution in [3.05, 3.63) is 173 Å². The fourth-order valence-electron chi connectivity index (χ4n) is 5.94.